The number of halogens is 1. The summed E-state index contributed by atoms with van der Waals surface area (Å²) in [5.74, 6) is -0.432. The molecule has 47 heavy (non-hydrogen) atoms. The molecule has 0 fully saturated rings. The Kier molecular flexibility index (Phi) is 11.5. The maximum absolute atomic E-state index is 13.6. The van der Waals surface area contributed by atoms with Crippen molar-refractivity contribution in [1.82, 2.24) is 5.32 Å². The number of rotatable bonds is 12. The zero-order valence-corrected chi connectivity index (χ0v) is 27.1. The van der Waals surface area contributed by atoms with Crippen LogP contribution in [0.15, 0.2) is 144 Å². The van der Waals surface area contributed by atoms with Crippen molar-refractivity contribution in [3.8, 4) is 5.75 Å². The van der Waals surface area contributed by atoms with Gasteiger partial charge in [0, 0.05) is 26.9 Å². The second-order valence-electron chi connectivity index (χ2n) is 10.5. The van der Waals surface area contributed by atoms with Gasteiger partial charge >= 0.3 is 0 Å². The van der Waals surface area contributed by atoms with Crippen LogP contribution in [0.4, 0.5) is 11.4 Å². The molecule has 0 saturated carbocycles. The summed E-state index contributed by atoms with van der Waals surface area (Å²) in [6.45, 7) is 2.23. The minimum Gasteiger partial charge on any atom is -0.489 e. The van der Waals surface area contributed by atoms with E-state index in [4.69, 9.17) is 16.3 Å². The average molecular weight is 662 g/mol. The zero-order valence-electron chi connectivity index (χ0n) is 25.5. The lowest BCUT2D eigenvalue weighted by molar-refractivity contribution is -0.115. The third kappa shape index (κ3) is 10.1. The van der Waals surface area contributed by atoms with Crippen molar-refractivity contribution >= 4 is 58.5 Å². The highest BCUT2D eigenvalue weighted by molar-refractivity contribution is 8.00. The minimum atomic E-state index is -0.507. The zero-order chi connectivity index (χ0) is 33.0. The summed E-state index contributed by atoms with van der Waals surface area (Å²) in [6, 6.07) is 39.9. The molecule has 0 aliphatic rings. The van der Waals surface area contributed by atoms with Crippen LogP contribution in [-0.2, 0) is 16.2 Å². The van der Waals surface area contributed by atoms with Gasteiger partial charge in [0.25, 0.3) is 11.8 Å². The second kappa shape index (κ2) is 16.3. The molecule has 9 heteroatoms. The summed E-state index contributed by atoms with van der Waals surface area (Å²) in [5.41, 5.74) is 3.34. The lowest BCUT2D eigenvalue weighted by Gasteiger charge is -2.14. The lowest BCUT2D eigenvalue weighted by atomic mass is 10.1. The number of nitrogens with one attached hydrogen (secondary N) is 3. The maximum Gasteiger partial charge on any atom is 0.272 e. The molecule has 3 amide bonds. The van der Waals surface area contributed by atoms with Gasteiger partial charge in [-0.3, -0.25) is 14.4 Å². The van der Waals surface area contributed by atoms with Gasteiger partial charge < -0.3 is 20.7 Å². The molecule has 1 unspecified atom stereocenters. The van der Waals surface area contributed by atoms with Crippen molar-refractivity contribution in [2.45, 2.75) is 23.7 Å². The van der Waals surface area contributed by atoms with Gasteiger partial charge in [-0.05, 0) is 84.8 Å². The highest BCUT2D eigenvalue weighted by Crippen LogP contribution is 2.27. The van der Waals surface area contributed by atoms with E-state index < -0.39 is 17.1 Å². The van der Waals surface area contributed by atoms with Crippen molar-refractivity contribution in [2.75, 3.05) is 10.6 Å². The van der Waals surface area contributed by atoms with Crippen LogP contribution in [0.3, 0.4) is 0 Å². The fraction of sp³-hybridized carbons (Fsp3) is 0.0789. The first-order chi connectivity index (χ1) is 22.8. The van der Waals surface area contributed by atoms with Gasteiger partial charge in [0.05, 0.1) is 5.25 Å². The molecule has 0 spiro atoms. The fourth-order valence-corrected chi connectivity index (χ4v) is 5.54. The third-order valence-electron chi connectivity index (χ3n) is 6.83. The first kappa shape index (κ1) is 33.1. The number of carbonyl (C=O) groups excluding carboxylic acids is 3. The number of ether oxygens (including phenoxy) is 1. The minimum absolute atomic E-state index is 0.0594. The number of anilines is 2. The van der Waals surface area contributed by atoms with E-state index in [2.05, 4.69) is 16.0 Å². The van der Waals surface area contributed by atoms with Gasteiger partial charge in [0.15, 0.2) is 0 Å². The number of hydrogen-bond acceptors (Lipinski definition) is 5. The van der Waals surface area contributed by atoms with Crippen LogP contribution in [0.1, 0.15) is 28.4 Å². The SMILES string of the molecule is CC(Sc1cccc(NC(=O)/C(=C\c2ccc(OCc3ccccc3)cc2)NC(=O)c2ccccc2)c1)C(=O)Nc1cccc(Cl)c1. The second-order valence-corrected chi connectivity index (χ2v) is 12.3. The molecule has 5 aromatic rings. The van der Waals surface area contributed by atoms with Crippen LogP contribution in [0.2, 0.25) is 5.02 Å². The molecule has 0 radical (unpaired) electrons. The Balaban J connectivity index is 1.28. The normalized spacial score (nSPS) is 11.7. The molecule has 0 bridgehead atoms. The smallest absolute Gasteiger partial charge is 0.272 e. The van der Waals surface area contributed by atoms with Crippen LogP contribution in [0, 0.1) is 0 Å². The summed E-state index contributed by atoms with van der Waals surface area (Å²) in [7, 11) is 0. The Hall–Kier alpha value is -5.31. The van der Waals surface area contributed by atoms with Gasteiger partial charge in [-0.15, -0.1) is 11.8 Å². The van der Waals surface area contributed by atoms with Crippen molar-refractivity contribution in [2.24, 2.45) is 0 Å². The molecule has 1 atom stereocenters. The quantitative estimate of drug-likeness (QED) is 0.0921. The average Bonchev–Trinajstić information content (AvgIpc) is 3.08. The Morgan fingerprint density at radius 3 is 2.13 bits per heavy atom. The van der Waals surface area contributed by atoms with Crippen molar-refractivity contribution in [3.63, 3.8) is 0 Å². The van der Waals surface area contributed by atoms with E-state index in [-0.39, 0.29) is 11.6 Å². The van der Waals surface area contributed by atoms with Crippen LogP contribution >= 0.6 is 23.4 Å². The van der Waals surface area contributed by atoms with Gasteiger partial charge in [-0.25, -0.2) is 0 Å². The number of amides is 3. The van der Waals surface area contributed by atoms with Gasteiger partial charge in [-0.2, -0.15) is 0 Å². The van der Waals surface area contributed by atoms with E-state index in [1.54, 1.807) is 79.7 Å². The van der Waals surface area contributed by atoms with E-state index in [0.717, 1.165) is 10.5 Å². The topological polar surface area (TPSA) is 96.5 Å². The molecular weight excluding hydrogens is 630 g/mol. The van der Waals surface area contributed by atoms with Crippen LogP contribution in [0.5, 0.6) is 5.75 Å². The largest absolute Gasteiger partial charge is 0.489 e. The van der Waals surface area contributed by atoms with E-state index in [1.165, 1.54) is 11.8 Å². The monoisotopic (exact) mass is 661 g/mol. The summed E-state index contributed by atoms with van der Waals surface area (Å²) < 4.78 is 5.89. The molecule has 7 nitrogen and oxygen atoms in total. The molecule has 0 saturated heterocycles. The number of hydrogen-bond donors (Lipinski definition) is 3. The van der Waals surface area contributed by atoms with Crippen LogP contribution < -0.4 is 20.7 Å². The highest BCUT2D eigenvalue weighted by atomic mass is 35.5. The predicted octanol–water partition coefficient (Wildman–Crippen LogP) is 8.45. The Labute approximate surface area is 283 Å². The number of carbonyl (C=O) groups is 3. The van der Waals surface area contributed by atoms with Gasteiger partial charge in [0.2, 0.25) is 5.91 Å². The van der Waals surface area contributed by atoms with Crippen LogP contribution in [-0.4, -0.2) is 23.0 Å². The number of benzene rings is 5. The Morgan fingerprint density at radius 2 is 1.43 bits per heavy atom. The van der Waals surface area contributed by atoms with E-state index >= 15 is 0 Å². The van der Waals surface area contributed by atoms with Crippen molar-refractivity contribution < 1.29 is 19.1 Å². The predicted molar refractivity (Wildman–Crippen MR) is 190 cm³/mol. The number of thioether (sulfide) groups is 1. The summed E-state index contributed by atoms with van der Waals surface area (Å²) in [5, 5.41) is 8.62. The molecule has 236 valence electrons. The molecule has 5 aromatic carbocycles. The van der Waals surface area contributed by atoms with Gasteiger partial charge in [-0.1, -0.05) is 84.4 Å². The Morgan fingerprint density at radius 1 is 0.766 bits per heavy atom. The molecule has 0 heterocycles. The third-order valence-corrected chi connectivity index (χ3v) is 8.16. The first-order valence-corrected chi connectivity index (χ1v) is 16.1. The molecule has 0 aliphatic heterocycles. The Bertz CT molecular complexity index is 1870. The summed E-state index contributed by atoms with van der Waals surface area (Å²) in [4.78, 5) is 40.2. The highest BCUT2D eigenvalue weighted by Gasteiger charge is 2.17. The molecule has 3 N–H and O–H groups in total. The summed E-state index contributed by atoms with van der Waals surface area (Å²) in [6.07, 6.45) is 1.61. The van der Waals surface area contributed by atoms with E-state index in [1.807, 2.05) is 66.7 Å². The summed E-state index contributed by atoms with van der Waals surface area (Å²) >= 11 is 7.38. The standard InChI is InChI=1S/C38H32ClN3O4S/c1-26(36(43)40-31-15-8-14-30(39)23-31)47-34-17-9-16-32(24-34)41-38(45)35(42-37(44)29-12-6-3-7-13-29)22-27-18-20-33(21-19-27)46-25-28-10-4-2-5-11-28/h2-24,26H,25H2,1H3,(H,40,43)(H,41,45)(H,42,44)/b35-22+. The first-order valence-electron chi connectivity index (χ1n) is 14.8. The van der Waals surface area contributed by atoms with Crippen LogP contribution in [0.25, 0.3) is 6.08 Å². The van der Waals surface area contributed by atoms with Crippen molar-refractivity contribution in [3.05, 3.63) is 161 Å². The van der Waals surface area contributed by atoms with E-state index in [0.29, 0.717) is 39.9 Å². The molecule has 0 aliphatic carbocycles. The maximum atomic E-state index is 13.6. The van der Waals surface area contributed by atoms with E-state index in [9.17, 15) is 14.4 Å². The van der Waals surface area contributed by atoms with Gasteiger partial charge in [0.1, 0.15) is 18.1 Å². The molecular formula is C38H32ClN3O4S. The van der Waals surface area contributed by atoms with Crippen molar-refractivity contribution in [1.29, 1.82) is 0 Å². The lowest BCUT2D eigenvalue weighted by Crippen LogP contribution is -2.30. The molecule has 5 rings (SSSR count). The molecule has 0 aromatic heterocycles. The fourth-order valence-electron chi connectivity index (χ4n) is 4.42.